The summed E-state index contributed by atoms with van der Waals surface area (Å²) in [4.78, 5) is 30.0. The minimum atomic E-state index is -0.525. The van der Waals surface area contributed by atoms with Crippen molar-refractivity contribution in [3.63, 3.8) is 0 Å². The second kappa shape index (κ2) is 8.55. The Morgan fingerprint density at radius 1 is 0.844 bits per heavy atom. The number of rotatable bonds is 6. The molecular formula is C25H21FN2O4. The van der Waals surface area contributed by atoms with Crippen LogP contribution in [0.1, 0.15) is 5.56 Å². The molecule has 4 rings (SSSR count). The van der Waals surface area contributed by atoms with E-state index in [-0.39, 0.29) is 11.3 Å². The molecule has 0 radical (unpaired) electrons. The molecule has 1 aliphatic rings. The molecular weight excluding hydrogens is 411 g/mol. The second-order valence-electron chi connectivity index (χ2n) is 7.11. The van der Waals surface area contributed by atoms with E-state index in [1.54, 1.807) is 30.1 Å². The number of likely N-dealkylation sites (N-methyl/N-ethyl adjacent to an activating group) is 1. The molecule has 3 aromatic rings. The summed E-state index contributed by atoms with van der Waals surface area (Å²) < 4.78 is 24.2. The third-order valence-corrected chi connectivity index (χ3v) is 5.30. The largest absolute Gasteiger partial charge is 0.497 e. The van der Waals surface area contributed by atoms with Gasteiger partial charge in [0.15, 0.2) is 0 Å². The van der Waals surface area contributed by atoms with E-state index in [0.29, 0.717) is 22.7 Å². The summed E-state index contributed by atoms with van der Waals surface area (Å²) in [5.74, 6) is -0.629. The lowest BCUT2D eigenvalue weighted by molar-refractivity contribution is -0.120. The molecule has 0 atom stereocenters. The summed E-state index contributed by atoms with van der Waals surface area (Å²) in [6.07, 6.45) is 0. The second-order valence-corrected chi connectivity index (χ2v) is 7.11. The Morgan fingerprint density at radius 2 is 1.53 bits per heavy atom. The first-order valence-corrected chi connectivity index (χ1v) is 9.86. The molecule has 0 aromatic heterocycles. The number of hydrogen-bond acceptors (Lipinski definition) is 5. The number of halogens is 1. The van der Waals surface area contributed by atoms with Gasteiger partial charge in [0.25, 0.3) is 11.8 Å². The van der Waals surface area contributed by atoms with Crippen molar-refractivity contribution in [3.8, 4) is 11.5 Å². The normalized spacial score (nSPS) is 13.6. The molecule has 2 amide bonds. The molecule has 1 heterocycles. The number of amides is 2. The Hall–Kier alpha value is -4.13. The van der Waals surface area contributed by atoms with E-state index < -0.39 is 17.6 Å². The molecule has 7 heteroatoms. The predicted molar refractivity (Wildman–Crippen MR) is 120 cm³/mol. The lowest BCUT2D eigenvalue weighted by Crippen LogP contribution is -2.34. The van der Waals surface area contributed by atoms with E-state index in [9.17, 15) is 14.0 Å². The van der Waals surface area contributed by atoms with Crippen LogP contribution in [0.25, 0.3) is 5.57 Å². The van der Waals surface area contributed by atoms with Crippen molar-refractivity contribution in [2.75, 3.05) is 31.1 Å². The Bertz CT molecular complexity index is 1210. The van der Waals surface area contributed by atoms with E-state index in [4.69, 9.17) is 9.47 Å². The fourth-order valence-corrected chi connectivity index (χ4v) is 3.68. The maximum absolute atomic E-state index is 13.6. The van der Waals surface area contributed by atoms with Crippen molar-refractivity contribution in [3.05, 3.63) is 89.9 Å². The Balaban J connectivity index is 1.88. The zero-order valence-electron chi connectivity index (χ0n) is 17.8. The number of ether oxygens (including phenoxy) is 2. The van der Waals surface area contributed by atoms with Gasteiger partial charge in [-0.3, -0.25) is 9.59 Å². The number of nitrogens with zero attached hydrogens (tertiary/aromatic N) is 2. The summed E-state index contributed by atoms with van der Waals surface area (Å²) in [5.41, 5.74) is 1.83. The number of methoxy groups -OCH3 is 2. The smallest absolute Gasteiger partial charge is 0.282 e. The molecule has 6 nitrogen and oxygen atoms in total. The van der Waals surface area contributed by atoms with Crippen LogP contribution in [0.3, 0.4) is 0 Å². The van der Waals surface area contributed by atoms with Crippen molar-refractivity contribution in [1.29, 1.82) is 0 Å². The lowest BCUT2D eigenvalue weighted by atomic mass is 10.0. The number of imide groups is 1. The first-order valence-electron chi connectivity index (χ1n) is 9.86. The highest BCUT2D eigenvalue weighted by molar-refractivity contribution is 6.46. The Kier molecular flexibility index (Phi) is 5.64. The van der Waals surface area contributed by atoms with E-state index in [2.05, 4.69) is 0 Å². The van der Waals surface area contributed by atoms with E-state index in [0.717, 1.165) is 10.6 Å². The van der Waals surface area contributed by atoms with Gasteiger partial charge < -0.3 is 14.4 Å². The van der Waals surface area contributed by atoms with Gasteiger partial charge in [-0.2, -0.15) is 0 Å². The van der Waals surface area contributed by atoms with Crippen LogP contribution in [0.4, 0.5) is 15.8 Å². The van der Waals surface area contributed by atoms with Gasteiger partial charge in [0.1, 0.15) is 23.0 Å². The summed E-state index contributed by atoms with van der Waals surface area (Å²) >= 11 is 0. The van der Waals surface area contributed by atoms with Crippen LogP contribution in [0.15, 0.2) is 78.5 Å². The molecule has 0 unspecified atom stereocenters. The first-order chi connectivity index (χ1) is 15.5. The topological polar surface area (TPSA) is 59.1 Å². The maximum atomic E-state index is 13.6. The summed E-state index contributed by atoms with van der Waals surface area (Å²) in [6.45, 7) is 0. The highest BCUT2D eigenvalue weighted by atomic mass is 19.1. The van der Waals surface area contributed by atoms with E-state index in [1.807, 2.05) is 30.3 Å². The molecule has 0 bridgehead atoms. The first kappa shape index (κ1) is 21.1. The van der Waals surface area contributed by atoms with Crippen molar-refractivity contribution in [1.82, 2.24) is 0 Å². The standard InChI is InChI=1S/C25H21FN2O4/c1-27(18-7-5-4-6-8-18)23-22(16-9-11-17(26)12-10-16)24(29)28(25(23)30)20-14-13-19(31-2)15-21(20)32-3/h4-15H,1-3H3. The molecule has 0 saturated heterocycles. The van der Waals surface area contributed by atoms with Gasteiger partial charge in [0.2, 0.25) is 0 Å². The molecule has 32 heavy (non-hydrogen) atoms. The number of carbonyl (C=O) groups excluding carboxylic acids is 2. The van der Waals surface area contributed by atoms with Crippen LogP contribution in [-0.2, 0) is 9.59 Å². The van der Waals surface area contributed by atoms with Gasteiger partial charge in [0, 0.05) is 18.8 Å². The van der Waals surface area contributed by atoms with Crippen LogP contribution < -0.4 is 19.3 Å². The Morgan fingerprint density at radius 3 is 2.16 bits per heavy atom. The van der Waals surface area contributed by atoms with Crippen LogP contribution in [0.2, 0.25) is 0 Å². The SMILES string of the molecule is COc1ccc(N2C(=O)C(c3ccc(F)cc3)=C(N(C)c3ccccc3)C2=O)c(OC)c1. The predicted octanol–water partition coefficient (Wildman–Crippen LogP) is 4.26. The van der Waals surface area contributed by atoms with Crippen molar-refractivity contribution < 1.29 is 23.5 Å². The zero-order valence-corrected chi connectivity index (χ0v) is 17.8. The highest BCUT2D eigenvalue weighted by Gasteiger charge is 2.43. The van der Waals surface area contributed by atoms with Crippen molar-refractivity contribution >= 4 is 28.8 Å². The minimum Gasteiger partial charge on any atom is -0.497 e. The van der Waals surface area contributed by atoms with Crippen molar-refractivity contribution in [2.24, 2.45) is 0 Å². The lowest BCUT2D eigenvalue weighted by Gasteiger charge is -2.22. The average Bonchev–Trinajstić information content (AvgIpc) is 3.09. The van der Waals surface area contributed by atoms with Gasteiger partial charge in [-0.15, -0.1) is 0 Å². The third kappa shape index (κ3) is 3.58. The molecule has 3 aromatic carbocycles. The van der Waals surface area contributed by atoms with Crippen LogP contribution >= 0.6 is 0 Å². The molecule has 0 fully saturated rings. The molecule has 1 aliphatic heterocycles. The summed E-state index contributed by atoms with van der Waals surface area (Å²) in [7, 11) is 4.68. The number of carbonyl (C=O) groups is 2. The van der Waals surface area contributed by atoms with Crippen LogP contribution in [0.5, 0.6) is 11.5 Å². The Labute approximate surface area is 185 Å². The van der Waals surface area contributed by atoms with Gasteiger partial charge in [-0.25, -0.2) is 9.29 Å². The number of hydrogen-bond donors (Lipinski definition) is 0. The van der Waals surface area contributed by atoms with Crippen molar-refractivity contribution in [2.45, 2.75) is 0 Å². The van der Waals surface area contributed by atoms with E-state index in [1.165, 1.54) is 38.5 Å². The fourth-order valence-electron chi connectivity index (χ4n) is 3.68. The highest BCUT2D eigenvalue weighted by Crippen LogP contribution is 2.40. The third-order valence-electron chi connectivity index (χ3n) is 5.30. The van der Waals surface area contributed by atoms with Crippen LogP contribution in [-0.4, -0.2) is 33.1 Å². The monoisotopic (exact) mass is 432 g/mol. The van der Waals surface area contributed by atoms with Gasteiger partial charge in [-0.05, 0) is 42.0 Å². The minimum absolute atomic E-state index is 0.180. The number of para-hydroxylation sites is 1. The van der Waals surface area contributed by atoms with Gasteiger partial charge in [0.05, 0.1) is 25.5 Å². The number of anilines is 2. The number of benzene rings is 3. The van der Waals surface area contributed by atoms with Gasteiger partial charge >= 0.3 is 0 Å². The molecule has 0 saturated carbocycles. The fraction of sp³-hybridized carbons (Fsp3) is 0.120. The molecule has 162 valence electrons. The average molecular weight is 432 g/mol. The molecule has 0 aliphatic carbocycles. The molecule has 0 spiro atoms. The molecule has 0 N–H and O–H groups in total. The van der Waals surface area contributed by atoms with Gasteiger partial charge in [-0.1, -0.05) is 30.3 Å². The summed E-state index contributed by atoms with van der Waals surface area (Å²) in [6, 6.07) is 19.6. The zero-order chi connectivity index (χ0) is 22.8. The summed E-state index contributed by atoms with van der Waals surface area (Å²) in [5, 5.41) is 0. The van der Waals surface area contributed by atoms with E-state index >= 15 is 0 Å². The van der Waals surface area contributed by atoms with Crippen LogP contribution in [0, 0.1) is 5.82 Å². The maximum Gasteiger partial charge on any atom is 0.282 e. The quantitative estimate of drug-likeness (QED) is 0.545.